The number of nitrogens with zero attached hydrogens (tertiary/aromatic N) is 1. The Labute approximate surface area is 108 Å². The summed E-state index contributed by atoms with van der Waals surface area (Å²) in [6.45, 7) is 2.24. The molecule has 0 saturated carbocycles. The molecule has 0 bridgehead atoms. The van der Waals surface area contributed by atoms with Crippen molar-refractivity contribution in [3.8, 4) is 0 Å². The SMILES string of the molecule is CCN(CC(N)=O)C(=O)c1cccc(I)c1. The fraction of sp³-hybridized carbons (Fsp3) is 0.273. The first kappa shape index (κ1) is 13.0. The van der Waals surface area contributed by atoms with E-state index >= 15 is 0 Å². The largest absolute Gasteiger partial charge is 0.368 e. The number of halogens is 1. The number of primary amides is 1. The molecular formula is C11H13IN2O2. The van der Waals surface area contributed by atoms with Crippen LogP contribution in [0.1, 0.15) is 17.3 Å². The standard InChI is InChI=1S/C11H13IN2O2/c1-2-14(7-10(13)15)11(16)8-4-3-5-9(12)6-8/h3-6H,2,7H2,1H3,(H2,13,15). The lowest BCUT2D eigenvalue weighted by atomic mass is 10.2. The molecule has 86 valence electrons. The molecule has 0 aromatic heterocycles. The van der Waals surface area contributed by atoms with Crippen LogP contribution in [-0.2, 0) is 4.79 Å². The number of carbonyl (C=O) groups excluding carboxylic acids is 2. The van der Waals surface area contributed by atoms with Gasteiger partial charge in [-0.1, -0.05) is 6.07 Å². The van der Waals surface area contributed by atoms with Crippen LogP contribution in [0.5, 0.6) is 0 Å². The zero-order chi connectivity index (χ0) is 12.1. The maximum Gasteiger partial charge on any atom is 0.254 e. The van der Waals surface area contributed by atoms with Gasteiger partial charge in [-0.15, -0.1) is 0 Å². The van der Waals surface area contributed by atoms with Crippen molar-refractivity contribution in [2.24, 2.45) is 5.73 Å². The normalized spacial score (nSPS) is 9.88. The van der Waals surface area contributed by atoms with Crippen LogP contribution in [-0.4, -0.2) is 29.8 Å². The highest BCUT2D eigenvalue weighted by atomic mass is 127. The summed E-state index contributed by atoms with van der Waals surface area (Å²) in [6.07, 6.45) is 0. The summed E-state index contributed by atoms with van der Waals surface area (Å²) in [4.78, 5) is 24.2. The van der Waals surface area contributed by atoms with Gasteiger partial charge in [0.05, 0.1) is 6.54 Å². The summed E-state index contributed by atoms with van der Waals surface area (Å²) in [5.74, 6) is -0.666. The van der Waals surface area contributed by atoms with Crippen LogP contribution >= 0.6 is 22.6 Å². The van der Waals surface area contributed by atoms with E-state index in [0.717, 1.165) is 3.57 Å². The Hall–Kier alpha value is -1.11. The van der Waals surface area contributed by atoms with Crippen LogP contribution in [0.4, 0.5) is 0 Å². The Balaban J connectivity index is 2.86. The minimum absolute atomic E-state index is 0.0409. The summed E-state index contributed by atoms with van der Waals surface area (Å²) in [5, 5.41) is 0. The lowest BCUT2D eigenvalue weighted by Gasteiger charge is -2.19. The van der Waals surface area contributed by atoms with Crippen molar-refractivity contribution < 1.29 is 9.59 Å². The Morgan fingerprint density at radius 1 is 1.44 bits per heavy atom. The van der Waals surface area contributed by atoms with E-state index in [9.17, 15) is 9.59 Å². The van der Waals surface area contributed by atoms with E-state index in [1.165, 1.54) is 4.90 Å². The molecule has 0 aliphatic rings. The minimum atomic E-state index is -0.499. The number of hydrogen-bond donors (Lipinski definition) is 1. The quantitative estimate of drug-likeness (QED) is 0.843. The molecule has 0 radical (unpaired) electrons. The number of amides is 2. The van der Waals surface area contributed by atoms with Crippen molar-refractivity contribution in [2.45, 2.75) is 6.92 Å². The highest BCUT2D eigenvalue weighted by Crippen LogP contribution is 2.10. The number of likely N-dealkylation sites (N-methyl/N-ethyl adjacent to an activating group) is 1. The third-order valence-corrected chi connectivity index (χ3v) is 2.76. The lowest BCUT2D eigenvalue weighted by molar-refractivity contribution is -0.118. The zero-order valence-electron chi connectivity index (χ0n) is 8.94. The monoisotopic (exact) mass is 332 g/mol. The number of nitrogens with two attached hydrogens (primary N) is 1. The summed E-state index contributed by atoms with van der Waals surface area (Å²) in [7, 11) is 0. The molecule has 2 amide bonds. The number of rotatable bonds is 4. The van der Waals surface area contributed by atoms with Gasteiger partial charge in [0.2, 0.25) is 5.91 Å². The van der Waals surface area contributed by atoms with E-state index in [1.54, 1.807) is 12.1 Å². The molecule has 0 atom stereocenters. The average molecular weight is 332 g/mol. The second-order valence-electron chi connectivity index (χ2n) is 3.30. The summed E-state index contributed by atoms with van der Waals surface area (Å²) < 4.78 is 0.985. The molecule has 0 saturated heterocycles. The first-order valence-electron chi connectivity index (χ1n) is 4.87. The smallest absolute Gasteiger partial charge is 0.254 e. The number of hydrogen-bond acceptors (Lipinski definition) is 2. The van der Waals surface area contributed by atoms with Crippen LogP contribution < -0.4 is 5.73 Å². The molecule has 0 spiro atoms. The molecule has 4 nitrogen and oxygen atoms in total. The van der Waals surface area contributed by atoms with Gasteiger partial charge < -0.3 is 10.6 Å². The van der Waals surface area contributed by atoms with Crippen LogP contribution in [0, 0.1) is 3.57 Å². The van der Waals surface area contributed by atoms with Gasteiger partial charge >= 0.3 is 0 Å². The van der Waals surface area contributed by atoms with Crippen molar-refractivity contribution in [1.82, 2.24) is 4.90 Å². The topological polar surface area (TPSA) is 63.4 Å². The third-order valence-electron chi connectivity index (χ3n) is 2.09. The van der Waals surface area contributed by atoms with Gasteiger partial charge in [-0.05, 0) is 47.7 Å². The molecule has 2 N–H and O–H groups in total. The summed E-state index contributed by atoms with van der Waals surface area (Å²) >= 11 is 2.14. The fourth-order valence-electron chi connectivity index (χ4n) is 1.32. The highest BCUT2D eigenvalue weighted by Gasteiger charge is 2.15. The molecule has 0 aliphatic carbocycles. The van der Waals surface area contributed by atoms with Crippen LogP contribution in [0.15, 0.2) is 24.3 Å². The average Bonchev–Trinajstić information content (AvgIpc) is 2.24. The van der Waals surface area contributed by atoms with E-state index in [2.05, 4.69) is 22.6 Å². The first-order valence-corrected chi connectivity index (χ1v) is 5.95. The van der Waals surface area contributed by atoms with Crippen molar-refractivity contribution in [3.63, 3.8) is 0 Å². The molecule has 0 unspecified atom stereocenters. The van der Waals surface area contributed by atoms with Gasteiger partial charge in [-0.3, -0.25) is 9.59 Å². The van der Waals surface area contributed by atoms with Crippen molar-refractivity contribution in [1.29, 1.82) is 0 Å². The molecule has 5 heteroatoms. The zero-order valence-corrected chi connectivity index (χ0v) is 11.1. The maximum atomic E-state index is 12.0. The van der Waals surface area contributed by atoms with Gasteiger partial charge in [-0.25, -0.2) is 0 Å². The fourth-order valence-corrected chi connectivity index (χ4v) is 1.86. The second-order valence-corrected chi connectivity index (χ2v) is 4.54. The highest BCUT2D eigenvalue weighted by molar-refractivity contribution is 14.1. The number of benzene rings is 1. The molecule has 0 heterocycles. The Bertz CT molecular complexity index is 407. The van der Waals surface area contributed by atoms with Crippen LogP contribution in [0.2, 0.25) is 0 Å². The van der Waals surface area contributed by atoms with Crippen LogP contribution in [0.3, 0.4) is 0 Å². The lowest BCUT2D eigenvalue weighted by Crippen LogP contribution is -2.38. The molecule has 1 aromatic carbocycles. The Morgan fingerprint density at radius 2 is 2.12 bits per heavy atom. The van der Waals surface area contributed by atoms with Crippen molar-refractivity contribution in [2.75, 3.05) is 13.1 Å². The van der Waals surface area contributed by atoms with E-state index in [1.807, 2.05) is 19.1 Å². The molecule has 0 aliphatic heterocycles. The molecule has 0 fully saturated rings. The van der Waals surface area contributed by atoms with Gasteiger partial charge in [0, 0.05) is 15.7 Å². The molecular weight excluding hydrogens is 319 g/mol. The van der Waals surface area contributed by atoms with Crippen molar-refractivity contribution in [3.05, 3.63) is 33.4 Å². The summed E-state index contributed by atoms with van der Waals surface area (Å²) in [5.41, 5.74) is 5.66. The van der Waals surface area contributed by atoms with Gasteiger partial charge in [0.1, 0.15) is 0 Å². The summed E-state index contributed by atoms with van der Waals surface area (Å²) in [6, 6.07) is 7.23. The van der Waals surface area contributed by atoms with E-state index < -0.39 is 5.91 Å². The van der Waals surface area contributed by atoms with E-state index in [-0.39, 0.29) is 12.5 Å². The molecule has 16 heavy (non-hydrogen) atoms. The van der Waals surface area contributed by atoms with Crippen LogP contribution in [0.25, 0.3) is 0 Å². The van der Waals surface area contributed by atoms with E-state index in [4.69, 9.17) is 5.73 Å². The Morgan fingerprint density at radius 3 is 2.62 bits per heavy atom. The second kappa shape index (κ2) is 5.83. The maximum absolute atomic E-state index is 12.0. The van der Waals surface area contributed by atoms with E-state index in [0.29, 0.717) is 12.1 Å². The Kier molecular flexibility index (Phi) is 4.72. The van der Waals surface area contributed by atoms with Gasteiger partial charge in [0.15, 0.2) is 0 Å². The first-order chi connectivity index (χ1) is 7.54. The third kappa shape index (κ3) is 3.48. The minimum Gasteiger partial charge on any atom is -0.368 e. The number of carbonyl (C=O) groups is 2. The van der Waals surface area contributed by atoms with Gasteiger partial charge in [0.25, 0.3) is 5.91 Å². The predicted molar refractivity (Wildman–Crippen MR) is 69.9 cm³/mol. The predicted octanol–water partition coefficient (Wildman–Crippen LogP) is 1.24. The van der Waals surface area contributed by atoms with Crippen molar-refractivity contribution >= 4 is 34.4 Å². The van der Waals surface area contributed by atoms with Gasteiger partial charge in [-0.2, -0.15) is 0 Å². The molecule has 1 rings (SSSR count). The molecule has 1 aromatic rings.